The molecule has 0 aromatic heterocycles. The SMILES string of the molecule is CC[C@H](C)NC(=O)[C@H](Cc1ccccc1)N(Cc1ccc(F)cc1)C(=O)CCCN(c1cccc(OC)c1)S(C)(=O)=O. The number of sulfonamides is 1. The van der Waals surface area contributed by atoms with Crippen LogP contribution in [0.5, 0.6) is 5.75 Å². The normalized spacial score (nSPS) is 12.7. The summed E-state index contributed by atoms with van der Waals surface area (Å²) in [6.07, 6.45) is 2.34. The highest BCUT2D eigenvalue weighted by Gasteiger charge is 2.31. The maximum absolute atomic E-state index is 13.9. The van der Waals surface area contributed by atoms with Crippen LogP contribution in [0.2, 0.25) is 0 Å². The molecule has 3 rings (SSSR count). The van der Waals surface area contributed by atoms with E-state index in [0.717, 1.165) is 18.2 Å². The highest BCUT2D eigenvalue weighted by atomic mass is 32.2. The van der Waals surface area contributed by atoms with Crippen LogP contribution in [0, 0.1) is 5.82 Å². The van der Waals surface area contributed by atoms with Gasteiger partial charge in [0, 0.05) is 38.0 Å². The number of halogens is 1. The van der Waals surface area contributed by atoms with Crippen molar-refractivity contribution in [3.63, 3.8) is 0 Å². The molecule has 0 spiro atoms. The number of benzene rings is 3. The van der Waals surface area contributed by atoms with Gasteiger partial charge in [-0.05, 0) is 55.2 Å². The van der Waals surface area contributed by atoms with Crippen molar-refractivity contribution in [3.8, 4) is 5.75 Å². The molecule has 3 aromatic rings. The minimum Gasteiger partial charge on any atom is -0.497 e. The zero-order chi connectivity index (χ0) is 30.7. The Bertz CT molecular complexity index is 1420. The number of nitrogens with one attached hydrogen (secondary N) is 1. The van der Waals surface area contributed by atoms with E-state index in [1.54, 1.807) is 36.4 Å². The van der Waals surface area contributed by atoms with Crippen molar-refractivity contribution >= 4 is 27.5 Å². The summed E-state index contributed by atoms with van der Waals surface area (Å²) in [7, 11) is -2.15. The minimum absolute atomic E-state index is 0.000909. The molecule has 1 N–H and O–H groups in total. The molecule has 42 heavy (non-hydrogen) atoms. The van der Waals surface area contributed by atoms with Gasteiger partial charge >= 0.3 is 0 Å². The Hall–Kier alpha value is -3.92. The van der Waals surface area contributed by atoms with E-state index in [2.05, 4.69) is 5.32 Å². The molecule has 8 nitrogen and oxygen atoms in total. The fourth-order valence-electron chi connectivity index (χ4n) is 4.55. The maximum Gasteiger partial charge on any atom is 0.243 e. The number of hydrogen-bond acceptors (Lipinski definition) is 5. The van der Waals surface area contributed by atoms with Crippen LogP contribution in [-0.2, 0) is 32.6 Å². The summed E-state index contributed by atoms with van der Waals surface area (Å²) >= 11 is 0. The smallest absolute Gasteiger partial charge is 0.243 e. The Morgan fingerprint density at radius 3 is 2.29 bits per heavy atom. The molecule has 0 radical (unpaired) electrons. The van der Waals surface area contributed by atoms with Crippen LogP contribution in [0.4, 0.5) is 10.1 Å². The van der Waals surface area contributed by atoms with E-state index in [1.807, 2.05) is 44.2 Å². The number of rotatable bonds is 15. The Balaban J connectivity index is 1.89. The molecular formula is C32H40FN3O5S. The standard InChI is InChI=1S/C32H40FN3O5S/c1-5-24(2)34-32(38)30(21-25-11-7-6-8-12-25)35(23-26-16-18-27(33)19-17-26)31(37)15-10-20-36(42(4,39)40)28-13-9-14-29(22-28)41-3/h6-9,11-14,16-19,22,24,30H,5,10,15,20-21,23H2,1-4H3,(H,34,38)/t24-,30-/m0/s1. The molecule has 3 aromatic carbocycles. The molecule has 0 bridgehead atoms. The molecule has 0 aliphatic heterocycles. The van der Waals surface area contributed by atoms with E-state index in [4.69, 9.17) is 4.74 Å². The molecule has 0 fully saturated rings. The van der Waals surface area contributed by atoms with Crippen molar-refractivity contribution in [2.45, 2.75) is 58.2 Å². The Morgan fingerprint density at radius 2 is 1.67 bits per heavy atom. The summed E-state index contributed by atoms with van der Waals surface area (Å²) in [5, 5.41) is 3.01. The Kier molecular flexibility index (Phi) is 11.9. The van der Waals surface area contributed by atoms with E-state index in [-0.39, 0.29) is 50.2 Å². The lowest BCUT2D eigenvalue weighted by Crippen LogP contribution is -2.52. The van der Waals surface area contributed by atoms with Crippen LogP contribution >= 0.6 is 0 Å². The van der Waals surface area contributed by atoms with Crippen molar-refractivity contribution in [3.05, 3.63) is 95.8 Å². The van der Waals surface area contributed by atoms with Crippen molar-refractivity contribution in [2.75, 3.05) is 24.2 Å². The Morgan fingerprint density at radius 1 is 0.976 bits per heavy atom. The number of amides is 2. The molecule has 0 aliphatic carbocycles. The number of anilines is 1. The summed E-state index contributed by atoms with van der Waals surface area (Å²) in [5.74, 6) is -0.472. The monoisotopic (exact) mass is 597 g/mol. The van der Waals surface area contributed by atoms with Gasteiger partial charge in [-0.25, -0.2) is 12.8 Å². The largest absolute Gasteiger partial charge is 0.497 e. The average Bonchev–Trinajstić information content (AvgIpc) is 2.97. The number of carbonyl (C=O) groups is 2. The summed E-state index contributed by atoms with van der Waals surface area (Å²) < 4.78 is 45.4. The Labute approximate surface area is 248 Å². The van der Waals surface area contributed by atoms with Gasteiger partial charge in [0.25, 0.3) is 0 Å². The lowest BCUT2D eigenvalue weighted by Gasteiger charge is -2.32. The van der Waals surface area contributed by atoms with Crippen LogP contribution in [-0.4, -0.2) is 57.1 Å². The second kappa shape index (κ2) is 15.3. The molecule has 2 atom stereocenters. The highest BCUT2D eigenvalue weighted by Crippen LogP contribution is 2.24. The van der Waals surface area contributed by atoms with E-state index < -0.39 is 21.9 Å². The first kappa shape index (κ1) is 32.6. The highest BCUT2D eigenvalue weighted by molar-refractivity contribution is 7.92. The van der Waals surface area contributed by atoms with Crippen molar-refractivity contribution < 1.29 is 27.1 Å². The number of nitrogens with zero attached hydrogens (tertiary/aromatic N) is 2. The quantitative estimate of drug-likeness (QED) is 0.268. The van der Waals surface area contributed by atoms with E-state index in [1.165, 1.54) is 28.4 Å². The van der Waals surface area contributed by atoms with Gasteiger partial charge in [0.1, 0.15) is 17.6 Å². The van der Waals surface area contributed by atoms with E-state index in [9.17, 15) is 22.4 Å². The molecule has 0 aliphatic rings. The third-order valence-electron chi connectivity index (χ3n) is 7.03. The number of methoxy groups -OCH3 is 1. The summed E-state index contributed by atoms with van der Waals surface area (Å²) in [4.78, 5) is 29.0. The topological polar surface area (TPSA) is 96.0 Å². The number of carbonyl (C=O) groups excluding carboxylic acids is 2. The molecule has 226 valence electrons. The number of ether oxygens (including phenoxy) is 1. The van der Waals surface area contributed by atoms with Crippen LogP contribution in [0.3, 0.4) is 0 Å². The summed E-state index contributed by atoms with van der Waals surface area (Å²) in [6.45, 7) is 4.02. The molecule has 2 amide bonds. The average molecular weight is 598 g/mol. The van der Waals surface area contributed by atoms with Crippen LogP contribution in [0.25, 0.3) is 0 Å². The molecule has 0 heterocycles. The third-order valence-corrected chi connectivity index (χ3v) is 8.23. The van der Waals surface area contributed by atoms with Crippen LogP contribution < -0.4 is 14.4 Å². The van der Waals surface area contributed by atoms with Gasteiger partial charge in [0.05, 0.1) is 19.1 Å². The van der Waals surface area contributed by atoms with Gasteiger partial charge in [0.15, 0.2) is 0 Å². The fourth-order valence-corrected chi connectivity index (χ4v) is 5.51. The summed E-state index contributed by atoms with van der Waals surface area (Å²) in [6, 6.07) is 21.1. The number of hydrogen-bond donors (Lipinski definition) is 1. The molecule has 0 unspecified atom stereocenters. The molecule has 10 heteroatoms. The van der Waals surface area contributed by atoms with E-state index in [0.29, 0.717) is 17.0 Å². The van der Waals surface area contributed by atoms with Crippen molar-refractivity contribution in [1.29, 1.82) is 0 Å². The minimum atomic E-state index is -3.65. The van der Waals surface area contributed by atoms with Gasteiger partial charge in [-0.1, -0.05) is 55.5 Å². The van der Waals surface area contributed by atoms with Crippen LogP contribution in [0.1, 0.15) is 44.2 Å². The second-order valence-electron chi connectivity index (χ2n) is 10.3. The van der Waals surface area contributed by atoms with Crippen molar-refractivity contribution in [1.82, 2.24) is 10.2 Å². The molecule has 0 saturated carbocycles. The van der Waals surface area contributed by atoms with E-state index >= 15 is 0 Å². The zero-order valence-corrected chi connectivity index (χ0v) is 25.4. The predicted octanol–water partition coefficient (Wildman–Crippen LogP) is 4.94. The summed E-state index contributed by atoms with van der Waals surface area (Å²) in [5.41, 5.74) is 2.00. The molecular weight excluding hydrogens is 557 g/mol. The first-order chi connectivity index (χ1) is 20.0. The third kappa shape index (κ3) is 9.58. The zero-order valence-electron chi connectivity index (χ0n) is 24.6. The first-order valence-corrected chi connectivity index (χ1v) is 15.9. The molecule has 0 saturated heterocycles. The van der Waals surface area contributed by atoms with Crippen LogP contribution in [0.15, 0.2) is 78.9 Å². The van der Waals surface area contributed by atoms with Gasteiger partial charge < -0.3 is 15.0 Å². The fraction of sp³-hybridized carbons (Fsp3) is 0.375. The second-order valence-corrected chi connectivity index (χ2v) is 12.2. The maximum atomic E-state index is 13.9. The van der Waals surface area contributed by atoms with Gasteiger partial charge in [-0.15, -0.1) is 0 Å². The lowest BCUT2D eigenvalue weighted by atomic mass is 10.0. The van der Waals surface area contributed by atoms with Gasteiger partial charge in [-0.2, -0.15) is 0 Å². The van der Waals surface area contributed by atoms with Crippen molar-refractivity contribution in [2.24, 2.45) is 0 Å². The lowest BCUT2D eigenvalue weighted by molar-refractivity contribution is -0.141. The van der Waals surface area contributed by atoms with Gasteiger partial charge in [-0.3, -0.25) is 13.9 Å². The predicted molar refractivity (Wildman–Crippen MR) is 163 cm³/mol. The first-order valence-electron chi connectivity index (χ1n) is 14.0. The van der Waals surface area contributed by atoms with Gasteiger partial charge in [0.2, 0.25) is 21.8 Å².